The molecule has 0 aliphatic rings. The van der Waals surface area contributed by atoms with Crippen LogP contribution in [0.1, 0.15) is 40.0 Å². The van der Waals surface area contributed by atoms with Gasteiger partial charge in [-0.2, -0.15) is 0 Å². The molecule has 0 aliphatic carbocycles. The molecule has 0 aromatic carbocycles. The lowest BCUT2D eigenvalue weighted by Gasteiger charge is -1.97. The molecule has 0 atom stereocenters. The van der Waals surface area contributed by atoms with E-state index in [1.807, 2.05) is 19.9 Å². The van der Waals surface area contributed by atoms with Crippen molar-refractivity contribution >= 4 is 11.8 Å². The van der Waals surface area contributed by atoms with Crippen LogP contribution < -0.4 is 0 Å². The predicted molar refractivity (Wildman–Crippen MR) is 59.7 cm³/mol. The fraction of sp³-hybridized carbons (Fsp3) is 0.500. The lowest BCUT2D eigenvalue weighted by Crippen LogP contribution is -1.99. The molecule has 0 aromatic rings. The lowest BCUT2D eigenvalue weighted by atomic mass is 10.1. The van der Waals surface area contributed by atoms with E-state index in [0.29, 0.717) is 18.4 Å². The van der Waals surface area contributed by atoms with Gasteiger partial charge in [0.15, 0.2) is 5.78 Å². The highest BCUT2D eigenvalue weighted by molar-refractivity contribution is 5.95. The first kappa shape index (κ1) is 13.6. The average Bonchev–Trinajstić information content (AvgIpc) is 2.13. The highest BCUT2D eigenvalue weighted by atomic mass is 16.4. The molecule has 84 valence electrons. The normalized spacial score (nSPS) is 11.0. The number of Topliss-reactive ketones (excluding diaryl/α,β-unsaturated/α-hetero) is 1. The zero-order chi connectivity index (χ0) is 11.8. The Bertz CT molecular complexity index is 294. The van der Waals surface area contributed by atoms with Gasteiger partial charge in [-0.25, -0.2) is 0 Å². The van der Waals surface area contributed by atoms with Crippen molar-refractivity contribution in [3.05, 3.63) is 23.3 Å². The summed E-state index contributed by atoms with van der Waals surface area (Å²) in [4.78, 5) is 21.7. The molecule has 0 amide bonds. The van der Waals surface area contributed by atoms with Gasteiger partial charge in [-0.05, 0) is 32.8 Å². The van der Waals surface area contributed by atoms with E-state index in [-0.39, 0.29) is 12.2 Å². The topological polar surface area (TPSA) is 54.4 Å². The Labute approximate surface area is 90.5 Å². The molecule has 0 radical (unpaired) electrons. The van der Waals surface area contributed by atoms with Crippen LogP contribution in [0.3, 0.4) is 0 Å². The number of aliphatic carboxylic acids is 1. The number of carbonyl (C=O) groups excluding carboxylic acids is 1. The van der Waals surface area contributed by atoms with E-state index in [0.717, 1.165) is 5.57 Å². The van der Waals surface area contributed by atoms with E-state index in [1.54, 1.807) is 13.0 Å². The average molecular weight is 210 g/mol. The van der Waals surface area contributed by atoms with E-state index in [1.165, 1.54) is 0 Å². The number of hydrogen-bond acceptors (Lipinski definition) is 2. The summed E-state index contributed by atoms with van der Waals surface area (Å²) in [6.07, 6.45) is 4.46. The fourth-order valence-electron chi connectivity index (χ4n) is 0.984. The number of carbonyl (C=O) groups is 2. The Morgan fingerprint density at radius 1 is 1.13 bits per heavy atom. The van der Waals surface area contributed by atoms with Crippen molar-refractivity contribution in [1.29, 1.82) is 0 Å². The Balaban J connectivity index is 4.08. The van der Waals surface area contributed by atoms with Crippen LogP contribution in [0.5, 0.6) is 0 Å². The summed E-state index contributed by atoms with van der Waals surface area (Å²) in [6, 6.07) is 0. The lowest BCUT2D eigenvalue weighted by molar-refractivity contribution is -0.136. The van der Waals surface area contributed by atoms with Crippen molar-refractivity contribution in [2.45, 2.75) is 40.0 Å². The largest absolute Gasteiger partial charge is 0.481 e. The molecule has 0 spiro atoms. The standard InChI is InChI=1S/C12H18O3/c1-9(2)7-8-11(13)10(3)5-4-6-12(14)15/h5,7H,4,6,8H2,1-3H3,(H,14,15). The van der Waals surface area contributed by atoms with Crippen LogP contribution >= 0.6 is 0 Å². The van der Waals surface area contributed by atoms with Crippen molar-refractivity contribution in [2.24, 2.45) is 0 Å². The predicted octanol–water partition coefficient (Wildman–Crippen LogP) is 2.72. The summed E-state index contributed by atoms with van der Waals surface area (Å²) in [5.74, 6) is -0.780. The molecule has 0 aliphatic heterocycles. The summed E-state index contributed by atoms with van der Waals surface area (Å²) in [5.41, 5.74) is 1.76. The van der Waals surface area contributed by atoms with E-state index in [9.17, 15) is 9.59 Å². The zero-order valence-electron chi connectivity index (χ0n) is 9.54. The highest BCUT2D eigenvalue weighted by Crippen LogP contribution is 2.04. The number of allylic oxidation sites excluding steroid dienone is 4. The first-order valence-electron chi connectivity index (χ1n) is 4.98. The molecule has 0 saturated heterocycles. The molecule has 0 heterocycles. The van der Waals surface area contributed by atoms with Crippen LogP contribution in [0, 0.1) is 0 Å². The van der Waals surface area contributed by atoms with Gasteiger partial charge >= 0.3 is 5.97 Å². The van der Waals surface area contributed by atoms with Crippen molar-refractivity contribution in [3.63, 3.8) is 0 Å². The Kier molecular flexibility index (Phi) is 6.34. The summed E-state index contributed by atoms with van der Waals surface area (Å²) < 4.78 is 0. The van der Waals surface area contributed by atoms with Crippen LogP contribution in [0.2, 0.25) is 0 Å². The molecule has 0 bridgehead atoms. The highest BCUT2D eigenvalue weighted by Gasteiger charge is 2.02. The van der Waals surface area contributed by atoms with E-state index < -0.39 is 5.97 Å². The molecular formula is C12H18O3. The molecule has 0 saturated carbocycles. The van der Waals surface area contributed by atoms with E-state index in [2.05, 4.69) is 0 Å². The number of carboxylic acids is 1. The van der Waals surface area contributed by atoms with Crippen LogP contribution in [0.25, 0.3) is 0 Å². The molecule has 0 aromatic heterocycles. The van der Waals surface area contributed by atoms with E-state index >= 15 is 0 Å². The minimum absolute atomic E-state index is 0.0570. The van der Waals surface area contributed by atoms with Crippen LogP contribution in [0.15, 0.2) is 23.3 Å². The second kappa shape index (κ2) is 6.98. The summed E-state index contributed by atoms with van der Waals surface area (Å²) in [7, 11) is 0. The maximum Gasteiger partial charge on any atom is 0.303 e. The fourth-order valence-corrected chi connectivity index (χ4v) is 0.984. The minimum atomic E-state index is -0.837. The van der Waals surface area contributed by atoms with Crippen LogP contribution in [0.4, 0.5) is 0 Å². The van der Waals surface area contributed by atoms with Crippen LogP contribution in [-0.2, 0) is 9.59 Å². The number of rotatable bonds is 6. The molecule has 0 fully saturated rings. The maximum atomic E-state index is 11.5. The van der Waals surface area contributed by atoms with Gasteiger partial charge in [0.25, 0.3) is 0 Å². The quantitative estimate of drug-likeness (QED) is 0.541. The third-order valence-electron chi connectivity index (χ3n) is 1.94. The van der Waals surface area contributed by atoms with Gasteiger partial charge in [0, 0.05) is 12.8 Å². The summed E-state index contributed by atoms with van der Waals surface area (Å²) in [6.45, 7) is 5.61. The molecule has 0 rings (SSSR count). The van der Waals surface area contributed by atoms with E-state index in [4.69, 9.17) is 5.11 Å². The summed E-state index contributed by atoms with van der Waals surface area (Å²) >= 11 is 0. The molecule has 1 N–H and O–H groups in total. The van der Waals surface area contributed by atoms with Gasteiger partial charge in [-0.3, -0.25) is 9.59 Å². The number of hydrogen-bond donors (Lipinski definition) is 1. The van der Waals surface area contributed by atoms with Gasteiger partial charge in [-0.1, -0.05) is 17.7 Å². The third-order valence-corrected chi connectivity index (χ3v) is 1.94. The van der Waals surface area contributed by atoms with Gasteiger partial charge < -0.3 is 5.11 Å². The number of carboxylic acid groups (broad SMARTS) is 1. The van der Waals surface area contributed by atoms with Gasteiger partial charge in [0.1, 0.15) is 0 Å². The van der Waals surface area contributed by atoms with Crippen molar-refractivity contribution in [1.82, 2.24) is 0 Å². The Morgan fingerprint density at radius 3 is 2.20 bits per heavy atom. The molecular weight excluding hydrogens is 192 g/mol. The SMILES string of the molecule is CC(C)=CCC(=O)C(C)=CCCC(=O)O. The smallest absolute Gasteiger partial charge is 0.303 e. The monoisotopic (exact) mass is 210 g/mol. The van der Waals surface area contributed by atoms with Gasteiger partial charge in [0.05, 0.1) is 0 Å². The van der Waals surface area contributed by atoms with Crippen molar-refractivity contribution in [2.75, 3.05) is 0 Å². The van der Waals surface area contributed by atoms with Crippen molar-refractivity contribution < 1.29 is 14.7 Å². The second-order valence-corrected chi connectivity index (χ2v) is 3.73. The van der Waals surface area contributed by atoms with Crippen LogP contribution in [-0.4, -0.2) is 16.9 Å². The third kappa shape index (κ3) is 7.67. The zero-order valence-corrected chi connectivity index (χ0v) is 9.54. The molecule has 15 heavy (non-hydrogen) atoms. The molecule has 3 nitrogen and oxygen atoms in total. The summed E-state index contributed by atoms with van der Waals surface area (Å²) in [5, 5.41) is 8.42. The Hall–Kier alpha value is -1.38. The van der Waals surface area contributed by atoms with Gasteiger partial charge in [-0.15, -0.1) is 0 Å². The number of ketones is 1. The minimum Gasteiger partial charge on any atom is -0.481 e. The second-order valence-electron chi connectivity index (χ2n) is 3.73. The maximum absolute atomic E-state index is 11.5. The van der Waals surface area contributed by atoms with Gasteiger partial charge in [0.2, 0.25) is 0 Å². The molecule has 0 unspecified atom stereocenters. The Morgan fingerprint density at radius 2 is 1.73 bits per heavy atom. The first-order valence-corrected chi connectivity index (χ1v) is 4.98. The first-order chi connectivity index (χ1) is 6.93. The molecule has 3 heteroatoms. The van der Waals surface area contributed by atoms with Crippen molar-refractivity contribution in [3.8, 4) is 0 Å².